The summed E-state index contributed by atoms with van der Waals surface area (Å²) in [5.74, 6) is -4.15. The number of aliphatic carboxylic acids is 2. The van der Waals surface area contributed by atoms with Crippen LogP contribution < -0.4 is 10.6 Å². The highest BCUT2D eigenvalue weighted by Crippen LogP contribution is 2.28. The number of carbonyl (C=O) groups excluding carboxylic acids is 1. The second-order valence-corrected chi connectivity index (χ2v) is 10.1. The molecular formula is C27H33F6N5O5. The number of nitrogens with one attached hydrogen (secondary N) is 2. The molecule has 4 rings (SSSR count). The molecule has 1 fully saturated rings. The molecule has 0 radical (unpaired) electrons. The van der Waals surface area contributed by atoms with E-state index in [9.17, 15) is 31.1 Å². The zero-order valence-electron chi connectivity index (χ0n) is 23.4. The van der Waals surface area contributed by atoms with Crippen molar-refractivity contribution >= 4 is 23.7 Å². The maximum absolute atomic E-state index is 12.8. The van der Waals surface area contributed by atoms with Crippen molar-refractivity contribution in [2.24, 2.45) is 5.92 Å². The number of rotatable bonds is 7. The fourth-order valence-electron chi connectivity index (χ4n) is 3.77. The number of hydrogen-bond donors (Lipinski definition) is 4. The number of aromatic nitrogens is 2. The first-order valence-corrected chi connectivity index (χ1v) is 13.3. The molecule has 0 aromatic carbocycles. The van der Waals surface area contributed by atoms with Crippen LogP contribution in [0.25, 0.3) is 0 Å². The number of pyridine rings is 2. The summed E-state index contributed by atoms with van der Waals surface area (Å²) >= 11 is 0. The Labute approximate surface area is 243 Å². The van der Waals surface area contributed by atoms with E-state index in [4.69, 9.17) is 24.8 Å². The monoisotopic (exact) mass is 621 g/mol. The number of alkyl halides is 6. The summed E-state index contributed by atoms with van der Waals surface area (Å²) in [4.78, 5) is 42.4. The molecule has 0 saturated heterocycles. The maximum atomic E-state index is 12.8. The fourth-order valence-corrected chi connectivity index (χ4v) is 3.77. The van der Waals surface area contributed by atoms with Gasteiger partial charge in [0.2, 0.25) is 0 Å². The highest BCUT2D eigenvalue weighted by atomic mass is 19.4. The number of hydrogen-bond acceptors (Lipinski definition) is 7. The molecule has 0 unspecified atom stereocenters. The average Bonchev–Trinajstić information content (AvgIpc) is 3.75. The first-order chi connectivity index (χ1) is 20.0. The van der Waals surface area contributed by atoms with E-state index in [-0.39, 0.29) is 11.9 Å². The average molecular weight is 622 g/mol. The Morgan fingerprint density at radius 1 is 1.00 bits per heavy atom. The number of nitrogens with zero attached hydrogens (tertiary/aromatic N) is 3. The molecule has 1 aliphatic heterocycles. The van der Waals surface area contributed by atoms with Crippen molar-refractivity contribution in [1.82, 2.24) is 20.2 Å². The van der Waals surface area contributed by atoms with Crippen LogP contribution in [0.1, 0.15) is 54.0 Å². The van der Waals surface area contributed by atoms with Gasteiger partial charge in [0.15, 0.2) is 0 Å². The first-order valence-electron chi connectivity index (χ1n) is 13.3. The Morgan fingerprint density at radius 2 is 1.58 bits per heavy atom. The molecular weight excluding hydrogens is 588 g/mol. The van der Waals surface area contributed by atoms with Crippen LogP contribution in [0.15, 0.2) is 30.5 Å². The van der Waals surface area contributed by atoms with Crippen molar-refractivity contribution in [2.75, 3.05) is 25.0 Å². The van der Waals surface area contributed by atoms with E-state index < -0.39 is 24.3 Å². The van der Waals surface area contributed by atoms with Crippen molar-refractivity contribution in [3.63, 3.8) is 0 Å². The summed E-state index contributed by atoms with van der Waals surface area (Å²) in [5.41, 5.74) is 4.07. The van der Waals surface area contributed by atoms with Crippen LogP contribution in [0, 0.1) is 5.92 Å². The lowest BCUT2D eigenvalue weighted by molar-refractivity contribution is -0.193. The highest BCUT2D eigenvalue weighted by molar-refractivity contribution is 5.99. The molecule has 1 aliphatic carbocycles. The fraction of sp³-hybridized carbons (Fsp3) is 0.519. The summed E-state index contributed by atoms with van der Waals surface area (Å²) < 4.78 is 63.5. The van der Waals surface area contributed by atoms with Gasteiger partial charge in [0, 0.05) is 50.5 Å². The Kier molecular flexibility index (Phi) is 12.7. The van der Waals surface area contributed by atoms with Crippen LogP contribution >= 0.6 is 0 Å². The van der Waals surface area contributed by atoms with Crippen molar-refractivity contribution < 1.29 is 50.9 Å². The zero-order chi connectivity index (χ0) is 32.4. The summed E-state index contributed by atoms with van der Waals surface area (Å²) in [5, 5.41) is 20.7. The summed E-state index contributed by atoms with van der Waals surface area (Å²) in [6, 6.07) is 8.35. The van der Waals surface area contributed by atoms with E-state index in [0.29, 0.717) is 17.3 Å². The van der Waals surface area contributed by atoms with Gasteiger partial charge < -0.3 is 20.8 Å². The second-order valence-electron chi connectivity index (χ2n) is 10.1. The normalized spacial score (nSPS) is 15.1. The molecule has 2 aliphatic rings. The van der Waals surface area contributed by atoms with Gasteiger partial charge in [0.25, 0.3) is 5.91 Å². The van der Waals surface area contributed by atoms with Crippen LogP contribution in [0.3, 0.4) is 0 Å². The molecule has 2 aromatic rings. The van der Waals surface area contributed by atoms with E-state index in [1.165, 1.54) is 18.4 Å². The largest absolute Gasteiger partial charge is 0.490 e. The van der Waals surface area contributed by atoms with E-state index in [1.54, 1.807) is 0 Å². The maximum Gasteiger partial charge on any atom is 0.490 e. The minimum absolute atomic E-state index is 0.00932. The van der Waals surface area contributed by atoms with Gasteiger partial charge in [0.1, 0.15) is 5.82 Å². The number of carboxylic acids is 2. The zero-order valence-corrected chi connectivity index (χ0v) is 23.4. The van der Waals surface area contributed by atoms with Gasteiger partial charge >= 0.3 is 24.3 Å². The molecule has 0 spiro atoms. The van der Waals surface area contributed by atoms with E-state index in [0.717, 1.165) is 50.4 Å². The van der Waals surface area contributed by atoms with Crippen LogP contribution in [0.2, 0.25) is 0 Å². The molecule has 16 heteroatoms. The molecule has 10 nitrogen and oxygen atoms in total. The predicted molar refractivity (Wildman–Crippen MR) is 142 cm³/mol. The number of carboxylic acid groups (broad SMARTS) is 2. The SMILES string of the molecule is CC(C)Nc1nc2c(cc1C(=O)NCC1CC1)CCN(Cc1ccccn1)CC2.O=C(O)C(F)(F)F.O=C(O)C(F)(F)F. The Morgan fingerprint density at radius 3 is 2.07 bits per heavy atom. The smallest absolute Gasteiger partial charge is 0.475 e. The Bertz CT molecular complexity index is 1210. The molecule has 4 N–H and O–H groups in total. The van der Waals surface area contributed by atoms with Crippen LogP contribution in [-0.2, 0) is 29.0 Å². The van der Waals surface area contributed by atoms with E-state index in [1.807, 2.05) is 18.3 Å². The van der Waals surface area contributed by atoms with Crippen molar-refractivity contribution in [3.05, 3.63) is 53.0 Å². The highest BCUT2D eigenvalue weighted by Gasteiger charge is 2.39. The third-order valence-corrected chi connectivity index (χ3v) is 6.07. The van der Waals surface area contributed by atoms with Gasteiger partial charge in [-0.1, -0.05) is 6.07 Å². The third kappa shape index (κ3) is 12.8. The lowest BCUT2D eigenvalue weighted by Gasteiger charge is -2.18. The second kappa shape index (κ2) is 15.5. The summed E-state index contributed by atoms with van der Waals surface area (Å²) in [6.07, 6.45) is -4.07. The molecule has 43 heavy (non-hydrogen) atoms. The number of fused-ring (bicyclic) bond motifs is 1. The van der Waals surface area contributed by atoms with Gasteiger partial charge in [0.05, 0.1) is 11.3 Å². The Hall–Kier alpha value is -3.95. The Balaban J connectivity index is 0.000000384. The van der Waals surface area contributed by atoms with Crippen molar-refractivity contribution in [3.8, 4) is 0 Å². The van der Waals surface area contributed by atoms with Crippen LogP contribution in [0.5, 0.6) is 0 Å². The molecule has 3 heterocycles. The van der Waals surface area contributed by atoms with Gasteiger partial charge in [-0.15, -0.1) is 0 Å². The van der Waals surface area contributed by atoms with Crippen LogP contribution in [0.4, 0.5) is 32.2 Å². The van der Waals surface area contributed by atoms with Gasteiger partial charge in [-0.3, -0.25) is 14.7 Å². The topological polar surface area (TPSA) is 145 Å². The minimum atomic E-state index is -5.08. The van der Waals surface area contributed by atoms with Crippen molar-refractivity contribution in [2.45, 2.75) is 64.5 Å². The molecule has 2 aromatic heterocycles. The number of carbonyl (C=O) groups is 3. The number of anilines is 1. The van der Waals surface area contributed by atoms with Gasteiger partial charge in [-0.2, -0.15) is 26.3 Å². The van der Waals surface area contributed by atoms with E-state index in [2.05, 4.69) is 46.5 Å². The first kappa shape index (κ1) is 35.2. The quantitative estimate of drug-likeness (QED) is 0.333. The lowest BCUT2D eigenvalue weighted by atomic mass is 10.0. The van der Waals surface area contributed by atoms with E-state index >= 15 is 0 Å². The van der Waals surface area contributed by atoms with Crippen molar-refractivity contribution in [1.29, 1.82) is 0 Å². The van der Waals surface area contributed by atoms with Gasteiger partial charge in [-0.25, -0.2) is 14.6 Å². The molecule has 0 bridgehead atoms. The molecule has 1 amide bonds. The minimum Gasteiger partial charge on any atom is -0.475 e. The summed E-state index contributed by atoms with van der Waals surface area (Å²) in [7, 11) is 0. The lowest BCUT2D eigenvalue weighted by Crippen LogP contribution is -2.28. The van der Waals surface area contributed by atoms with Crippen LogP contribution in [-0.4, -0.2) is 81.0 Å². The predicted octanol–water partition coefficient (Wildman–Crippen LogP) is 4.30. The van der Waals surface area contributed by atoms with Gasteiger partial charge in [-0.05, 0) is 62.8 Å². The summed E-state index contributed by atoms with van der Waals surface area (Å²) in [6.45, 7) is 7.67. The standard InChI is InChI=1S/C23H31N5O.2C2HF3O2/c1-16(2)26-22-20(23(29)25-14-17-6-7-17)13-18-8-11-28(12-9-21(18)27-22)15-19-5-3-4-10-24-19;2*3-2(4,5)1(6)7/h3-5,10,13,16-17H,6-9,11-12,14-15H2,1-2H3,(H,25,29)(H,26,27);2*(H,6,7). The number of amides is 1. The third-order valence-electron chi connectivity index (χ3n) is 6.07. The molecule has 238 valence electrons. The molecule has 1 saturated carbocycles. The number of halogens is 6. The molecule has 0 atom stereocenters.